The number of aliphatic hydroxyl groups excluding tert-OH is 1. The van der Waals surface area contributed by atoms with Crippen molar-refractivity contribution >= 4 is 65.0 Å². The average Bonchev–Trinajstić information content (AvgIpc) is 3.98. The molecule has 0 saturated carbocycles. The molecule has 4 atom stereocenters. The average molecular weight is 917 g/mol. The molecule has 2 saturated heterocycles. The van der Waals surface area contributed by atoms with Crippen molar-refractivity contribution in [3.8, 4) is 0 Å². The molecule has 0 radical (unpaired) electrons. The molecule has 0 aromatic heterocycles. The van der Waals surface area contributed by atoms with Gasteiger partial charge >= 0.3 is 5.97 Å². The summed E-state index contributed by atoms with van der Waals surface area (Å²) in [4.78, 5) is 134. The van der Waals surface area contributed by atoms with Crippen molar-refractivity contribution in [2.45, 2.75) is 117 Å². The number of carboxylic acids is 1. The van der Waals surface area contributed by atoms with Crippen LogP contribution in [-0.4, -0.2) is 170 Å². The van der Waals surface area contributed by atoms with E-state index in [0.29, 0.717) is 25.8 Å². The second-order valence-corrected chi connectivity index (χ2v) is 14.3. The number of nitrogens with zero attached hydrogens (tertiary/aromatic N) is 1. The highest BCUT2D eigenvalue weighted by atomic mass is 16.4. The SMILES string of the molecule is CC(NC(=O)CNC(=O)CNC(=O)CNC(=O)C(CCC(N)=O)NC(=O)CNC(=O)C1CCCN1)C(=O)NCC(=O)N1CCCC1C(=O)NCC(=O)O.CCC.CCCCN.CCO. The first-order valence-electron chi connectivity index (χ1n) is 21.4. The van der Waals surface area contributed by atoms with Gasteiger partial charge in [0.2, 0.25) is 59.1 Å². The number of unbranched alkanes of at least 4 members (excludes halogenated alkanes) is 1. The molecule has 0 spiro atoms. The smallest absolute Gasteiger partial charge is 0.322 e. The number of primary amides is 1. The lowest BCUT2D eigenvalue weighted by Gasteiger charge is -2.24. The summed E-state index contributed by atoms with van der Waals surface area (Å²) in [6.45, 7) is 8.08. The predicted molar refractivity (Wildman–Crippen MR) is 232 cm³/mol. The summed E-state index contributed by atoms with van der Waals surface area (Å²) in [6, 6.07) is -3.69. The molecule has 15 N–H and O–H groups in total. The molecule has 2 fully saturated rings. The molecule has 10 amide bonds. The second-order valence-electron chi connectivity index (χ2n) is 14.3. The zero-order valence-electron chi connectivity index (χ0n) is 37.7. The van der Waals surface area contributed by atoms with Crippen LogP contribution in [0.3, 0.4) is 0 Å². The second kappa shape index (κ2) is 36.5. The Bertz CT molecular complexity index is 1510. The van der Waals surface area contributed by atoms with E-state index in [1.54, 1.807) is 6.92 Å². The fourth-order valence-electron chi connectivity index (χ4n) is 5.37. The van der Waals surface area contributed by atoms with Crippen molar-refractivity contribution in [2.75, 3.05) is 65.5 Å². The highest BCUT2D eigenvalue weighted by Crippen LogP contribution is 2.17. The lowest BCUT2D eigenvalue weighted by atomic mass is 10.1. The van der Waals surface area contributed by atoms with Crippen LogP contribution in [0.2, 0.25) is 0 Å². The van der Waals surface area contributed by atoms with Crippen LogP contribution in [0.5, 0.6) is 0 Å². The van der Waals surface area contributed by atoms with E-state index in [1.807, 2.05) is 0 Å². The van der Waals surface area contributed by atoms with Crippen molar-refractivity contribution in [3.05, 3.63) is 0 Å². The molecular formula is C39H72N12O13. The number of nitrogens with two attached hydrogens (primary N) is 2. The Labute approximate surface area is 373 Å². The van der Waals surface area contributed by atoms with E-state index in [4.69, 9.17) is 21.7 Å². The summed E-state index contributed by atoms with van der Waals surface area (Å²) in [6.07, 6.45) is 5.45. The van der Waals surface area contributed by atoms with Crippen LogP contribution in [-0.2, 0) is 52.7 Å². The molecule has 64 heavy (non-hydrogen) atoms. The van der Waals surface area contributed by atoms with Crippen molar-refractivity contribution in [3.63, 3.8) is 0 Å². The Hall–Kier alpha value is -5.95. The van der Waals surface area contributed by atoms with Gasteiger partial charge in [0.15, 0.2) is 0 Å². The Morgan fingerprint density at radius 2 is 1.23 bits per heavy atom. The minimum Gasteiger partial charge on any atom is -0.480 e. The van der Waals surface area contributed by atoms with Crippen molar-refractivity contribution in [1.82, 2.24) is 52.8 Å². The van der Waals surface area contributed by atoms with E-state index in [2.05, 4.69) is 68.6 Å². The molecule has 4 unspecified atom stereocenters. The Balaban J connectivity index is 0. The van der Waals surface area contributed by atoms with Crippen LogP contribution >= 0.6 is 0 Å². The first kappa shape index (κ1) is 60.1. The maximum atomic E-state index is 12.6. The number of carbonyl (C=O) groups is 11. The fourth-order valence-corrected chi connectivity index (χ4v) is 5.37. The number of nitrogens with one attached hydrogen (secondary N) is 9. The van der Waals surface area contributed by atoms with Gasteiger partial charge in [-0.1, -0.05) is 33.6 Å². The Morgan fingerprint density at radius 3 is 1.75 bits per heavy atom. The van der Waals surface area contributed by atoms with Gasteiger partial charge in [0.1, 0.15) is 24.7 Å². The third-order valence-electron chi connectivity index (χ3n) is 8.48. The third-order valence-corrected chi connectivity index (χ3v) is 8.48. The minimum atomic E-state index is -1.27. The lowest BCUT2D eigenvalue weighted by molar-refractivity contribution is -0.141. The van der Waals surface area contributed by atoms with Gasteiger partial charge in [0, 0.05) is 19.6 Å². The van der Waals surface area contributed by atoms with Crippen LogP contribution in [0, 0.1) is 0 Å². The van der Waals surface area contributed by atoms with E-state index in [0.717, 1.165) is 13.0 Å². The van der Waals surface area contributed by atoms with Crippen LogP contribution in [0.25, 0.3) is 0 Å². The lowest BCUT2D eigenvalue weighted by Crippen LogP contribution is -2.53. The number of hydrogen-bond acceptors (Lipinski definition) is 14. The third kappa shape index (κ3) is 29.4. The summed E-state index contributed by atoms with van der Waals surface area (Å²) in [5.74, 6) is -8.23. The van der Waals surface area contributed by atoms with Gasteiger partial charge in [0.25, 0.3) is 0 Å². The first-order valence-corrected chi connectivity index (χ1v) is 21.4. The molecule has 0 aromatic rings. The van der Waals surface area contributed by atoms with Crippen LogP contribution in [0.4, 0.5) is 0 Å². The molecule has 25 nitrogen and oxygen atoms in total. The van der Waals surface area contributed by atoms with E-state index in [9.17, 15) is 52.7 Å². The molecule has 0 aliphatic carbocycles. The normalized spacial score (nSPS) is 15.5. The summed E-state index contributed by atoms with van der Waals surface area (Å²) in [7, 11) is 0. The number of aliphatic hydroxyl groups is 1. The van der Waals surface area contributed by atoms with E-state index < -0.39 is 123 Å². The number of hydrogen-bond donors (Lipinski definition) is 13. The van der Waals surface area contributed by atoms with Gasteiger partial charge in [-0.05, 0) is 65.5 Å². The highest BCUT2D eigenvalue weighted by molar-refractivity contribution is 5.95. The zero-order valence-corrected chi connectivity index (χ0v) is 37.7. The number of rotatable bonds is 23. The van der Waals surface area contributed by atoms with Gasteiger partial charge in [-0.25, -0.2) is 0 Å². The summed E-state index contributed by atoms with van der Waals surface area (Å²) in [5, 5.41) is 37.7. The number of carbonyl (C=O) groups excluding carboxylic acids is 10. The molecule has 2 rings (SSSR count). The Morgan fingerprint density at radius 1 is 0.703 bits per heavy atom. The van der Waals surface area contributed by atoms with Gasteiger partial charge in [-0.3, -0.25) is 52.7 Å². The maximum absolute atomic E-state index is 12.6. The summed E-state index contributed by atoms with van der Waals surface area (Å²) in [5.41, 5.74) is 10.3. The Kier molecular flexibility index (Phi) is 34.3. The number of amides is 10. The number of carboxylic acid groups (broad SMARTS) is 1. The molecule has 2 aliphatic heterocycles. The van der Waals surface area contributed by atoms with E-state index >= 15 is 0 Å². The molecule has 2 heterocycles. The standard InChI is InChI=1S/C30H47N11O12.C4H11N.C3H8.C2H6O/c1-16(27(50)37-14-25(47)41-9-3-5-19(41)30(53)38-15-26(48)49)39-23(45)12-34-21(43)10-33-22(44)11-35-29(52)18(6-7-20(31)42)40-24(46)13-36-28(51)17-4-2-8-32-17;1-2-3-4-5;1-3-2;1-2-3/h16-19,32H,2-15H2,1H3,(H2,31,42)(H,33,44)(H,34,43)(H,35,52)(H,36,51)(H,37,50)(H,38,53)(H,39,45)(H,40,46)(H,48,49);2-5H2,1H3;3H2,1-2H3;3H,2H2,1H3. The first-order chi connectivity index (χ1) is 30.3. The minimum absolute atomic E-state index is 0.188. The zero-order chi connectivity index (χ0) is 49.0. The summed E-state index contributed by atoms with van der Waals surface area (Å²) >= 11 is 0. The molecular weight excluding hydrogens is 844 g/mol. The number of likely N-dealkylation sites (tertiary alicyclic amines) is 1. The number of aliphatic carboxylic acids is 1. The van der Waals surface area contributed by atoms with E-state index in [-0.39, 0.29) is 31.9 Å². The molecule has 0 bridgehead atoms. The summed E-state index contributed by atoms with van der Waals surface area (Å²) < 4.78 is 0. The predicted octanol–water partition coefficient (Wildman–Crippen LogP) is -5.07. The molecule has 25 heteroatoms. The van der Waals surface area contributed by atoms with Crippen LogP contribution < -0.4 is 59.3 Å². The van der Waals surface area contributed by atoms with Crippen LogP contribution in [0.1, 0.15) is 92.4 Å². The van der Waals surface area contributed by atoms with E-state index in [1.165, 1.54) is 31.1 Å². The molecule has 2 aliphatic rings. The quantitative estimate of drug-likeness (QED) is 0.0456. The van der Waals surface area contributed by atoms with Crippen molar-refractivity contribution in [2.24, 2.45) is 11.5 Å². The monoisotopic (exact) mass is 917 g/mol. The van der Waals surface area contributed by atoms with Gasteiger partial charge < -0.3 is 74.4 Å². The largest absolute Gasteiger partial charge is 0.480 e. The van der Waals surface area contributed by atoms with Gasteiger partial charge in [-0.2, -0.15) is 0 Å². The van der Waals surface area contributed by atoms with Crippen molar-refractivity contribution in [1.29, 1.82) is 0 Å². The highest BCUT2D eigenvalue weighted by Gasteiger charge is 2.34. The molecule has 0 aromatic carbocycles. The van der Waals surface area contributed by atoms with Crippen molar-refractivity contribution < 1.29 is 63.0 Å². The topological polar surface area (TPSA) is 392 Å². The molecule has 366 valence electrons. The van der Waals surface area contributed by atoms with Gasteiger partial charge in [0.05, 0.1) is 38.8 Å². The van der Waals surface area contributed by atoms with Crippen LogP contribution in [0.15, 0.2) is 0 Å². The van der Waals surface area contributed by atoms with Gasteiger partial charge in [-0.15, -0.1) is 0 Å². The fraction of sp³-hybridized carbons (Fsp3) is 0.718. The maximum Gasteiger partial charge on any atom is 0.322 e.